The molecular weight excluding hydrogens is 254 g/mol. The number of nitrogen functional groups attached to an aromatic ring is 1. The van der Waals surface area contributed by atoms with Gasteiger partial charge in [0.1, 0.15) is 11.4 Å². The predicted molar refractivity (Wildman–Crippen MR) is 81.7 cm³/mol. The molecule has 1 aromatic carbocycles. The van der Waals surface area contributed by atoms with Gasteiger partial charge in [0.15, 0.2) is 0 Å². The first kappa shape index (κ1) is 14.6. The molecule has 1 aromatic rings. The Hall–Kier alpha value is -1.78. The third-order valence-electron chi connectivity index (χ3n) is 4.27. The Morgan fingerprint density at radius 1 is 1.35 bits per heavy atom. The quantitative estimate of drug-likeness (QED) is 0.498. The number of nitrogens with one attached hydrogen (secondary N) is 1. The van der Waals surface area contributed by atoms with Gasteiger partial charge in [-0.15, -0.1) is 0 Å². The van der Waals surface area contributed by atoms with Gasteiger partial charge in [0.05, 0.1) is 4.92 Å². The van der Waals surface area contributed by atoms with Gasteiger partial charge in [-0.1, -0.05) is 32.8 Å². The van der Waals surface area contributed by atoms with Gasteiger partial charge in [-0.25, -0.2) is 0 Å². The number of benzene rings is 1. The second-order valence-corrected chi connectivity index (χ2v) is 5.94. The van der Waals surface area contributed by atoms with E-state index in [0.29, 0.717) is 23.6 Å². The summed E-state index contributed by atoms with van der Waals surface area (Å²) in [6.45, 7) is 4.44. The first-order valence-electron chi connectivity index (χ1n) is 7.30. The molecule has 5 nitrogen and oxygen atoms in total. The van der Waals surface area contributed by atoms with Gasteiger partial charge < -0.3 is 11.1 Å². The number of nitro benzene ring substituents is 1. The highest BCUT2D eigenvalue weighted by molar-refractivity contribution is 5.74. The molecule has 0 aromatic heterocycles. The van der Waals surface area contributed by atoms with E-state index >= 15 is 0 Å². The van der Waals surface area contributed by atoms with Gasteiger partial charge in [0.25, 0.3) is 0 Å². The molecule has 0 radical (unpaired) electrons. The summed E-state index contributed by atoms with van der Waals surface area (Å²) in [5.74, 6) is 1.14. The number of hydrogen-bond acceptors (Lipinski definition) is 4. The van der Waals surface area contributed by atoms with Gasteiger partial charge in [0.2, 0.25) is 0 Å². The summed E-state index contributed by atoms with van der Waals surface area (Å²) in [4.78, 5) is 10.8. The standard InChI is InChI=1S/C15H23N3O2/c1-10(2)11-6-3-4-8-13(11)17-14-9-5-7-12(16)15(14)18(19)20/h5,7,9-11,13,17H,3-4,6,8,16H2,1-2H3. The molecule has 0 heterocycles. The largest absolute Gasteiger partial charge is 0.393 e. The van der Waals surface area contributed by atoms with E-state index in [9.17, 15) is 10.1 Å². The van der Waals surface area contributed by atoms with Crippen LogP contribution in [0.1, 0.15) is 39.5 Å². The highest BCUT2D eigenvalue weighted by Crippen LogP contribution is 2.36. The van der Waals surface area contributed by atoms with Crippen molar-refractivity contribution in [1.29, 1.82) is 0 Å². The molecule has 1 fully saturated rings. The van der Waals surface area contributed by atoms with Crippen LogP contribution in [-0.2, 0) is 0 Å². The van der Waals surface area contributed by atoms with Crippen molar-refractivity contribution in [1.82, 2.24) is 0 Å². The van der Waals surface area contributed by atoms with Crippen molar-refractivity contribution in [2.75, 3.05) is 11.1 Å². The Morgan fingerprint density at radius 2 is 2.05 bits per heavy atom. The number of para-hydroxylation sites is 1. The van der Waals surface area contributed by atoms with E-state index in [0.717, 1.165) is 6.42 Å². The van der Waals surface area contributed by atoms with Gasteiger partial charge >= 0.3 is 5.69 Å². The maximum atomic E-state index is 11.2. The molecule has 1 saturated carbocycles. The number of hydrogen-bond donors (Lipinski definition) is 2. The molecular formula is C15H23N3O2. The lowest BCUT2D eigenvalue weighted by atomic mass is 9.77. The molecule has 2 atom stereocenters. The summed E-state index contributed by atoms with van der Waals surface area (Å²) in [6.07, 6.45) is 4.68. The van der Waals surface area contributed by atoms with Crippen LogP contribution < -0.4 is 11.1 Å². The molecule has 110 valence electrons. The SMILES string of the molecule is CC(C)C1CCCCC1Nc1cccc(N)c1[N+](=O)[O-]. The van der Waals surface area contributed by atoms with Crippen LogP contribution in [0.3, 0.4) is 0 Å². The van der Waals surface area contributed by atoms with Crippen molar-refractivity contribution in [3.05, 3.63) is 28.3 Å². The lowest BCUT2D eigenvalue weighted by Gasteiger charge is -2.35. The fourth-order valence-corrected chi connectivity index (χ4v) is 3.22. The third-order valence-corrected chi connectivity index (χ3v) is 4.27. The maximum absolute atomic E-state index is 11.2. The average Bonchev–Trinajstić information content (AvgIpc) is 2.38. The third kappa shape index (κ3) is 3.03. The second kappa shape index (κ2) is 6.11. The molecule has 1 aliphatic carbocycles. The number of rotatable bonds is 4. The molecule has 0 bridgehead atoms. The van der Waals surface area contributed by atoms with E-state index in [4.69, 9.17) is 5.73 Å². The van der Waals surface area contributed by atoms with Crippen molar-refractivity contribution in [3.63, 3.8) is 0 Å². The zero-order valence-electron chi connectivity index (χ0n) is 12.1. The second-order valence-electron chi connectivity index (χ2n) is 5.94. The van der Waals surface area contributed by atoms with Crippen molar-refractivity contribution in [2.24, 2.45) is 11.8 Å². The van der Waals surface area contributed by atoms with Crippen molar-refractivity contribution in [3.8, 4) is 0 Å². The fourth-order valence-electron chi connectivity index (χ4n) is 3.22. The Morgan fingerprint density at radius 3 is 2.70 bits per heavy atom. The minimum Gasteiger partial charge on any atom is -0.393 e. The Labute approximate surface area is 119 Å². The number of nitrogens with zero attached hydrogens (tertiary/aromatic N) is 1. The van der Waals surface area contributed by atoms with Crippen LogP contribution in [0.2, 0.25) is 0 Å². The van der Waals surface area contributed by atoms with Crippen LogP contribution in [0.4, 0.5) is 17.1 Å². The predicted octanol–water partition coefficient (Wildman–Crippen LogP) is 3.80. The average molecular weight is 277 g/mol. The summed E-state index contributed by atoms with van der Waals surface area (Å²) in [6, 6.07) is 5.38. The van der Waals surface area contributed by atoms with Crippen LogP contribution in [-0.4, -0.2) is 11.0 Å². The molecule has 0 amide bonds. The van der Waals surface area contributed by atoms with Crippen LogP contribution in [0.5, 0.6) is 0 Å². The van der Waals surface area contributed by atoms with E-state index in [1.54, 1.807) is 18.2 Å². The molecule has 3 N–H and O–H groups in total. The zero-order valence-corrected chi connectivity index (χ0v) is 12.1. The van der Waals surface area contributed by atoms with Crippen molar-refractivity contribution < 1.29 is 4.92 Å². The highest BCUT2D eigenvalue weighted by Gasteiger charge is 2.29. The summed E-state index contributed by atoms with van der Waals surface area (Å²) in [5, 5.41) is 14.6. The summed E-state index contributed by atoms with van der Waals surface area (Å²) in [7, 11) is 0. The highest BCUT2D eigenvalue weighted by atomic mass is 16.6. The molecule has 20 heavy (non-hydrogen) atoms. The number of anilines is 2. The molecule has 5 heteroatoms. The number of nitrogens with two attached hydrogens (primary N) is 1. The Bertz CT molecular complexity index is 488. The Balaban J connectivity index is 2.24. The van der Waals surface area contributed by atoms with Crippen LogP contribution in [0.15, 0.2) is 18.2 Å². The minimum absolute atomic E-state index is 0.000537. The van der Waals surface area contributed by atoms with Gasteiger partial charge in [-0.2, -0.15) is 0 Å². The first-order chi connectivity index (χ1) is 9.50. The normalized spacial score (nSPS) is 22.8. The van der Waals surface area contributed by atoms with Crippen molar-refractivity contribution >= 4 is 17.1 Å². The maximum Gasteiger partial charge on any atom is 0.314 e. The van der Waals surface area contributed by atoms with Crippen LogP contribution in [0, 0.1) is 22.0 Å². The zero-order chi connectivity index (χ0) is 14.7. The lowest BCUT2D eigenvalue weighted by Crippen LogP contribution is -2.35. The molecule has 0 aliphatic heterocycles. The van der Waals surface area contributed by atoms with E-state index in [1.807, 2.05) is 0 Å². The fraction of sp³-hybridized carbons (Fsp3) is 0.600. The monoisotopic (exact) mass is 277 g/mol. The van der Waals surface area contributed by atoms with Gasteiger partial charge in [-0.3, -0.25) is 10.1 Å². The Kier molecular flexibility index (Phi) is 4.47. The molecule has 2 rings (SSSR count). The van der Waals surface area contributed by atoms with Crippen molar-refractivity contribution in [2.45, 2.75) is 45.6 Å². The molecule has 0 saturated heterocycles. The van der Waals surface area contributed by atoms with E-state index in [-0.39, 0.29) is 11.4 Å². The van der Waals surface area contributed by atoms with E-state index < -0.39 is 4.92 Å². The minimum atomic E-state index is -0.398. The summed E-state index contributed by atoms with van der Waals surface area (Å²) in [5.41, 5.74) is 6.51. The van der Waals surface area contributed by atoms with Gasteiger partial charge in [0, 0.05) is 6.04 Å². The van der Waals surface area contributed by atoms with E-state index in [1.165, 1.54) is 19.3 Å². The topological polar surface area (TPSA) is 81.2 Å². The molecule has 0 spiro atoms. The van der Waals surface area contributed by atoms with Gasteiger partial charge in [-0.05, 0) is 36.8 Å². The summed E-state index contributed by atoms with van der Waals surface area (Å²) >= 11 is 0. The number of nitro groups is 1. The molecule has 2 unspecified atom stereocenters. The first-order valence-corrected chi connectivity index (χ1v) is 7.30. The smallest absolute Gasteiger partial charge is 0.314 e. The summed E-state index contributed by atoms with van der Waals surface area (Å²) < 4.78 is 0. The van der Waals surface area contributed by atoms with Crippen LogP contribution >= 0.6 is 0 Å². The molecule has 1 aliphatic rings. The van der Waals surface area contributed by atoms with E-state index in [2.05, 4.69) is 19.2 Å². The lowest BCUT2D eigenvalue weighted by molar-refractivity contribution is -0.383. The van der Waals surface area contributed by atoms with Crippen LogP contribution in [0.25, 0.3) is 0 Å².